The minimum atomic E-state index is -1.60. The molecule has 23 heavy (non-hydrogen) atoms. The normalized spacial score (nSPS) is 23.7. The average molecular weight is 323 g/mol. The molecule has 0 unspecified atom stereocenters. The quantitative estimate of drug-likeness (QED) is 0.906. The van der Waals surface area contributed by atoms with Gasteiger partial charge in [-0.05, 0) is 46.8 Å². The lowest BCUT2D eigenvalue weighted by atomic mass is 10.0. The third-order valence-corrected chi connectivity index (χ3v) is 3.66. The van der Waals surface area contributed by atoms with Crippen LogP contribution in [0.5, 0.6) is 5.75 Å². The number of carbonyl (C=O) groups is 1. The molecule has 6 heteroatoms. The lowest BCUT2D eigenvalue weighted by Crippen LogP contribution is -2.55. The second-order valence-corrected chi connectivity index (χ2v) is 7.10. The van der Waals surface area contributed by atoms with Gasteiger partial charge < -0.3 is 19.3 Å². The summed E-state index contributed by atoms with van der Waals surface area (Å²) in [6, 6.07) is 6.87. The van der Waals surface area contributed by atoms with E-state index in [0.717, 1.165) is 0 Å². The standard InChI is InChI=1S/C17H25NO5/c1-15(2,3)23-14(19)18-16(4,5)22-11-17(18,20)12-7-9-13(21-6)10-8-12/h7-10,20H,11H2,1-6H3/t17-/m0/s1. The zero-order chi connectivity index (χ0) is 17.5. The number of hydrogen-bond acceptors (Lipinski definition) is 5. The molecule has 0 aromatic heterocycles. The molecule has 1 heterocycles. The number of amides is 1. The molecule has 0 bridgehead atoms. The van der Waals surface area contributed by atoms with Crippen molar-refractivity contribution >= 4 is 6.09 Å². The number of ether oxygens (including phenoxy) is 3. The Kier molecular flexibility index (Phi) is 4.34. The number of hydrogen-bond donors (Lipinski definition) is 1. The fraction of sp³-hybridized carbons (Fsp3) is 0.588. The summed E-state index contributed by atoms with van der Waals surface area (Å²) in [4.78, 5) is 13.9. The third-order valence-electron chi connectivity index (χ3n) is 3.66. The zero-order valence-electron chi connectivity index (χ0n) is 14.5. The van der Waals surface area contributed by atoms with Crippen LogP contribution in [0.2, 0.25) is 0 Å². The monoisotopic (exact) mass is 323 g/mol. The van der Waals surface area contributed by atoms with Gasteiger partial charge >= 0.3 is 6.09 Å². The maximum absolute atomic E-state index is 12.6. The summed E-state index contributed by atoms with van der Waals surface area (Å²) >= 11 is 0. The molecule has 1 N–H and O–H groups in total. The number of rotatable bonds is 2. The molecule has 0 spiro atoms. The van der Waals surface area contributed by atoms with Crippen molar-refractivity contribution in [3.05, 3.63) is 29.8 Å². The average Bonchev–Trinajstić information content (AvgIpc) is 2.68. The molecule has 1 atom stereocenters. The fourth-order valence-corrected chi connectivity index (χ4v) is 2.60. The minimum absolute atomic E-state index is 0.0361. The van der Waals surface area contributed by atoms with Crippen LogP contribution in [0.1, 0.15) is 40.2 Å². The second-order valence-electron chi connectivity index (χ2n) is 7.10. The highest BCUT2D eigenvalue weighted by atomic mass is 16.6. The molecule has 1 aromatic rings. The highest BCUT2D eigenvalue weighted by molar-refractivity contribution is 5.70. The Hall–Kier alpha value is -1.79. The maximum atomic E-state index is 12.6. The number of nitrogens with zero attached hydrogens (tertiary/aromatic N) is 1. The first-order valence-corrected chi connectivity index (χ1v) is 7.54. The molecular weight excluding hydrogens is 298 g/mol. The van der Waals surface area contributed by atoms with Gasteiger partial charge in [0, 0.05) is 5.56 Å². The Morgan fingerprint density at radius 1 is 1.26 bits per heavy atom. The van der Waals surface area contributed by atoms with Crippen LogP contribution in [0.25, 0.3) is 0 Å². The van der Waals surface area contributed by atoms with Crippen molar-refractivity contribution < 1.29 is 24.1 Å². The molecule has 1 amide bonds. The van der Waals surface area contributed by atoms with E-state index in [1.165, 1.54) is 4.90 Å². The molecule has 0 aliphatic carbocycles. The van der Waals surface area contributed by atoms with Gasteiger partial charge in [0.25, 0.3) is 0 Å². The molecule has 1 saturated heterocycles. The molecular formula is C17H25NO5. The van der Waals surface area contributed by atoms with Crippen molar-refractivity contribution in [2.45, 2.75) is 51.7 Å². The number of methoxy groups -OCH3 is 1. The highest BCUT2D eigenvalue weighted by Gasteiger charge is 2.55. The summed E-state index contributed by atoms with van der Waals surface area (Å²) in [6.07, 6.45) is -0.627. The Labute approximate surface area is 136 Å². The van der Waals surface area contributed by atoms with E-state index >= 15 is 0 Å². The summed E-state index contributed by atoms with van der Waals surface area (Å²) in [6.45, 7) is 8.74. The molecule has 0 radical (unpaired) electrons. The van der Waals surface area contributed by atoms with Gasteiger partial charge in [-0.25, -0.2) is 9.69 Å². The van der Waals surface area contributed by atoms with E-state index in [-0.39, 0.29) is 6.61 Å². The van der Waals surface area contributed by atoms with E-state index < -0.39 is 23.1 Å². The van der Waals surface area contributed by atoms with Crippen LogP contribution in [0, 0.1) is 0 Å². The van der Waals surface area contributed by atoms with Gasteiger partial charge in [0.2, 0.25) is 0 Å². The molecule has 1 aliphatic rings. The molecule has 1 fully saturated rings. The smallest absolute Gasteiger partial charge is 0.415 e. The van der Waals surface area contributed by atoms with Gasteiger partial charge in [-0.2, -0.15) is 0 Å². The van der Waals surface area contributed by atoms with Gasteiger partial charge in [0.1, 0.15) is 23.7 Å². The van der Waals surface area contributed by atoms with Gasteiger partial charge in [-0.15, -0.1) is 0 Å². The van der Waals surface area contributed by atoms with E-state index in [1.54, 1.807) is 66.0 Å². The first-order chi connectivity index (χ1) is 10.5. The lowest BCUT2D eigenvalue weighted by Gasteiger charge is -2.39. The first kappa shape index (κ1) is 17.6. The van der Waals surface area contributed by atoms with Crippen LogP contribution < -0.4 is 4.74 Å². The summed E-state index contributed by atoms with van der Waals surface area (Å²) < 4.78 is 16.2. The second kappa shape index (κ2) is 5.69. The van der Waals surface area contributed by atoms with Gasteiger partial charge in [0.05, 0.1) is 7.11 Å². The molecule has 1 aliphatic heterocycles. The minimum Gasteiger partial charge on any atom is -0.497 e. The van der Waals surface area contributed by atoms with Crippen LogP contribution in [0.4, 0.5) is 4.79 Å². The van der Waals surface area contributed by atoms with Crippen LogP contribution in [-0.4, -0.2) is 41.1 Å². The zero-order valence-corrected chi connectivity index (χ0v) is 14.5. The van der Waals surface area contributed by atoms with Crippen molar-refractivity contribution in [1.29, 1.82) is 0 Å². The number of benzene rings is 1. The first-order valence-electron chi connectivity index (χ1n) is 7.54. The Balaban J connectivity index is 2.39. The van der Waals surface area contributed by atoms with E-state index in [2.05, 4.69) is 0 Å². The van der Waals surface area contributed by atoms with E-state index in [1.807, 2.05) is 0 Å². The summed E-state index contributed by atoms with van der Waals surface area (Å²) in [5.41, 5.74) is -2.72. The van der Waals surface area contributed by atoms with Crippen LogP contribution in [0.15, 0.2) is 24.3 Å². The van der Waals surface area contributed by atoms with E-state index in [4.69, 9.17) is 14.2 Å². The van der Waals surface area contributed by atoms with Gasteiger partial charge in [0.15, 0.2) is 5.72 Å². The highest BCUT2D eigenvalue weighted by Crippen LogP contribution is 2.41. The van der Waals surface area contributed by atoms with Crippen molar-refractivity contribution in [2.75, 3.05) is 13.7 Å². The lowest BCUT2D eigenvalue weighted by molar-refractivity contribution is -0.117. The van der Waals surface area contributed by atoms with Crippen molar-refractivity contribution in [3.63, 3.8) is 0 Å². The molecule has 2 rings (SSSR count). The summed E-state index contributed by atoms with van der Waals surface area (Å²) in [5, 5.41) is 11.1. The van der Waals surface area contributed by atoms with E-state index in [0.29, 0.717) is 11.3 Å². The third kappa shape index (κ3) is 3.43. The molecule has 6 nitrogen and oxygen atoms in total. The van der Waals surface area contributed by atoms with Crippen molar-refractivity contribution in [3.8, 4) is 5.75 Å². The predicted molar refractivity (Wildman–Crippen MR) is 85.0 cm³/mol. The van der Waals surface area contributed by atoms with Crippen LogP contribution >= 0.6 is 0 Å². The Morgan fingerprint density at radius 3 is 2.30 bits per heavy atom. The van der Waals surface area contributed by atoms with Crippen LogP contribution in [-0.2, 0) is 15.2 Å². The predicted octanol–water partition coefficient (Wildman–Crippen LogP) is 2.84. The fourth-order valence-electron chi connectivity index (χ4n) is 2.60. The number of carbonyl (C=O) groups excluding carboxylic acids is 1. The largest absolute Gasteiger partial charge is 0.497 e. The SMILES string of the molecule is COc1ccc([C@@]2(O)COC(C)(C)N2C(=O)OC(C)(C)C)cc1. The summed E-state index contributed by atoms with van der Waals surface area (Å²) in [7, 11) is 1.57. The van der Waals surface area contributed by atoms with Crippen molar-refractivity contribution in [1.82, 2.24) is 4.90 Å². The van der Waals surface area contributed by atoms with Gasteiger partial charge in [-0.3, -0.25) is 0 Å². The van der Waals surface area contributed by atoms with E-state index in [9.17, 15) is 9.90 Å². The van der Waals surface area contributed by atoms with Gasteiger partial charge in [-0.1, -0.05) is 12.1 Å². The Morgan fingerprint density at radius 2 is 1.83 bits per heavy atom. The Bertz CT molecular complexity index is 576. The summed E-state index contributed by atoms with van der Waals surface area (Å²) in [5.74, 6) is 0.666. The molecule has 128 valence electrons. The van der Waals surface area contributed by atoms with Crippen LogP contribution in [0.3, 0.4) is 0 Å². The maximum Gasteiger partial charge on any atom is 0.415 e. The molecule has 0 saturated carbocycles. The topological polar surface area (TPSA) is 68.2 Å². The number of aliphatic hydroxyl groups is 1. The molecule has 1 aromatic carbocycles. The van der Waals surface area contributed by atoms with Crippen molar-refractivity contribution in [2.24, 2.45) is 0 Å².